The molecule has 1 heterocycles. The second kappa shape index (κ2) is 4.26. The summed E-state index contributed by atoms with van der Waals surface area (Å²) in [6.45, 7) is 23.1. The molecule has 1 nitrogen and oxygen atoms in total. The molecule has 0 aromatic heterocycles. The summed E-state index contributed by atoms with van der Waals surface area (Å²) in [6, 6.07) is 0. The van der Waals surface area contributed by atoms with Crippen molar-refractivity contribution in [1.82, 2.24) is 3.12 Å². The van der Waals surface area contributed by atoms with Gasteiger partial charge in [0.15, 0.2) is 0 Å². The van der Waals surface area contributed by atoms with Crippen LogP contribution in [-0.2, 0) is 0 Å². The van der Waals surface area contributed by atoms with Crippen LogP contribution in [0.15, 0.2) is 10.2 Å². The van der Waals surface area contributed by atoms with E-state index in [4.69, 9.17) is 0 Å². The molecule has 2 heteroatoms. The summed E-state index contributed by atoms with van der Waals surface area (Å²) in [4.78, 5) is 0. The van der Waals surface area contributed by atoms with Gasteiger partial charge >= 0.3 is 113 Å². The van der Waals surface area contributed by atoms with Crippen LogP contribution in [0.3, 0.4) is 0 Å². The predicted octanol–water partition coefficient (Wildman–Crippen LogP) is 4.74. The summed E-state index contributed by atoms with van der Waals surface area (Å²) in [6.07, 6.45) is 2.44. The zero-order chi connectivity index (χ0) is 13.7. The quantitative estimate of drug-likeness (QED) is 0.574. The van der Waals surface area contributed by atoms with Crippen LogP contribution in [-0.4, -0.2) is 33.9 Å². The maximum atomic E-state index is 2.88. The van der Waals surface area contributed by atoms with E-state index in [1.807, 2.05) is 0 Å². The Morgan fingerprint density at radius 1 is 0.824 bits per heavy atom. The third kappa shape index (κ3) is 2.47. The minimum absolute atomic E-state index is 0.292. The minimum atomic E-state index is -2.55. The monoisotopic (exact) mass is 345 g/mol. The van der Waals surface area contributed by atoms with Crippen LogP contribution in [0.5, 0.6) is 0 Å². The van der Waals surface area contributed by atoms with E-state index in [2.05, 4.69) is 75.6 Å². The fraction of sp³-hybridized carbons (Fsp3) is 0.867. The molecule has 0 spiro atoms. The summed E-state index contributed by atoms with van der Waals surface area (Å²) in [5.74, 6) is 0. The van der Waals surface area contributed by atoms with E-state index >= 15 is 0 Å². The maximum absolute atomic E-state index is 2.88. The molecule has 17 heavy (non-hydrogen) atoms. The molecule has 100 valence electrons. The van der Waals surface area contributed by atoms with Crippen LogP contribution in [0.4, 0.5) is 0 Å². The van der Waals surface area contributed by atoms with E-state index in [0.717, 1.165) is 6.54 Å². The van der Waals surface area contributed by atoms with Crippen molar-refractivity contribution < 1.29 is 0 Å². The zero-order valence-corrected chi connectivity index (χ0v) is 16.2. The van der Waals surface area contributed by atoms with Gasteiger partial charge in [0, 0.05) is 0 Å². The van der Waals surface area contributed by atoms with Crippen LogP contribution >= 0.6 is 0 Å². The molecular formula is C15H31NSn. The van der Waals surface area contributed by atoms with Gasteiger partial charge in [-0.25, -0.2) is 0 Å². The van der Waals surface area contributed by atoms with Crippen LogP contribution in [0, 0.1) is 0 Å². The summed E-state index contributed by atoms with van der Waals surface area (Å²) >= 11 is -2.55. The average molecular weight is 344 g/mol. The first-order valence-electron chi connectivity index (χ1n) is 6.79. The number of rotatable bonds is 0. The molecule has 1 aliphatic heterocycles. The summed E-state index contributed by atoms with van der Waals surface area (Å²) in [5, 5.41) is 0. The summed E-state index contributed by atoms with van der Waals surface area (Å²) in [5.41, 5.74) is 0.292. The Balaban J connectivity index is 3.39. The van der Waals surface area contributed by atoms with Crippen LogP contribution in [0.25, 0.3) is 0 Å². The fourth-order valence-corrected chi connectivity index (χ4v) is 23.6. The molecule has 0 saturated heterocycles. The van der Waals surface area contributed by atoms with E-state index in [0.29, 0.717) is 12.4 Å². The summed E-state index contributed by atoms with van der Waals surface area (Å²) in [7, 11) is 0. The Hall–Kier alpha value is 0.499. The normalized spacial score (nSPS) is 22.2. The van der Waals surface area contributed by atoms with E-state index in [1.165, 1.54) is 0 Å². The fourth-order valence-electron chi connectivity index (χ4n) is 3.80. The van der Waals surface area contributed by atoms with Crippen molar-refractivity contribution in [3.63, 3.8) is 0 Å². The van der Waals surface area contributed by atoms with Gasteiger partial charge in [-0.1, -0.05) is 0 Å². The standard InChI is InChI=1S/C7H13N.2C4H9.Sn/c1-5-6-8-7(2,3)4;2*1-4(2)3;/h1,5H,6H2,2-4H3;2*1-3H3;/q-1;;;+1. The Morgan fingerprint density at radius 2 is 1.24 bits per heavy atom. The number of nitrogens with zero attached hydrogens (tertiary/aromatic N) is 1. The van der Waals surface area contributed by atoms with Gasteiger partial charge < -0.3 is 0 Å². The molecule has 1 aliphatic rings. The molecule has 0 unspecified atom stereocenters. The van der Waals surface area contributed by atoms with Crippen LogP contribution in [0.2, 0.25) is 6.86 Å². The average Bonchev–Trinajstić information content (AvgIpc) is 2.42. The number of hydrogen-bond donors (Lipinski definition) is 0. The molecular weight excluding hydrogens is 313 g/mol. The van der Waals surface area contributed by atoms with Gasteiger partial charge in [-0.3, -0.25) is 0 Å². The number of hydrogen-bond acceptors (Lipinski definition) is 1. The first-order valence-corrected chi connectivity index (χ1v) is 12.6. The Bertz CT molecular complexity index is 295. The molecule has 0 aliphatic carbocycles. The van der Waals surface area contributed by atoms with Gasteiger partial charge in [-0.2, -0.15) is 0 Å². The van der Waals surface area contributed by atoms with E-state index in [-0.39, 0.29) is 0 Å². The molecule has 0 saturated carbocycles. The topological polar surface area (TPSA) is 3.24 Å². The molecule has 0 bridgehead atoms. The van der Waals surface area contributed by atoms with Gasteiger partial charge in [0.25, 0.3) is 0 Å². The summed E-state index contributed by atoms with van der Waals surface area (Å²) < 4.78 is 6.42. The van der Waals surface area contributed by atoms with Crippen LogP contribution < -0.4 is 0 Å². The molecule has 0 N–H and O–H groups in total. The van der Waals surface area contributed by atoms with Crippen molar-refractivity contribution in [2.24, 2.45) is 0 Å². The Kier molecular flexibility index (Phi) is 3.90. The molecule has 0 aromatic carbocycles. The molecule has 0 atom stereocenters. The van der Waals surface area contributed by atoms with Crippen molar-refractivity contribution in [2.75, 3.05) is 6.54 Å². The van der Waals surface area contributed by atoms with Crippen molar-refractivity contribution in [3.05, 3.63) is 10.2 Å². The van der Waals surface area contributed by atoms with Gasteiger partial charge in [-0.15, -0.1) is 0 Å². The molecule has 0 fully saturated rings. The van der Waals surface area contributed by atoms with Gasteiger partial charge in [-0.05, 0) is 0 Å². The second-order valence-corrected chi connectivity index (χ2v) is 23.9. The van der Waals surface area contributed by atoms with E-state index < -0.39 is 18.7 Å². The third-order valence-corrected chi connectivity index (χ3v) is 24.1. The molecule has 0 aromatic rings. The van der Waals surface area contributed by atoms with E-state index in [1.54, 1.807) is 0 Å². The zero-order valence-electron chi connectivity index (χ0n) is 13.3. The van der Waals surface area contributed by atoms with Crippen molar-refractivity contribution >= 4 is 18.7 Å². The molecule has 1 rings (SSSR count). The van der Waals surface area contributed by atoms with Gasteiger partial charge in [0.1, 0.15) is 0 Å². The first-order chi connectivity index (χ1) is 7.34. The van der Waals surface area contributed by atoms with Gasteiger partial charge in [0.05, 0.1) is 0 Å². The van der Waals surface area contributed by atoms with Gasteiger partial charge in [0.2, 0.25) is 0 Å². The van der Waals surface area contributed by atoms with Crippen molar-refractivity contribution in [1.29, 1.82) is 0 Å². The molecule has 0 radical (unpaired) electrons. The van der Waals surface area contributed by atoms with Crippen LogP contribution in [0.1, 0.15) is 62.3 Å². The second-order valence-electron chi connectivity index (χ2n) is 8.45. The van der Waals surface area contributed by atoms with Crippen molar-refractivity contribution in [3.8, 4) is 0 Å². The first kappa shape index (κ1) is 15.6. The van der Waals surface area contributed by atoms with E-state index in [9.17, 15) is 0 Å². The SMILES string of the molecule is CC(C)(C)[N]1CC=[CH][Sn]1([C](C)(C)C)[C](C)(C)C. The Labute approximate surface area is 113 Å². The van der Waals surface area contributed by atoms with Crippen molar-refractivity contribution in [2.45, 2.75) is 74.7 Å². The Morgan fingerprint density at radius 3 is 1.47 bits per heavy atom. The third-order valence-electron chi connectivity index (χ3n) is 4.17. The molecule has 0 amide bonds. The predicted molar refractivity (Wildman–Crippen MR) is 80.8 cm³/mol.